The van der Waals surface area contributed by atoms with Crippen molar-refractivity contribution in [2.75, 3.05) is 46.9 Å². The minimum atomic E-state index is 0.740. The normalized spacial score (nSPS) is 15.5. The number of aliphatic imine (C=N–C) groups is 1. The van der Waals surface area contributed by atoms with E-state index < -0.39 is 0 Å². The first-order chi connectivity index (χ1) is 11.7. The van der Waals surface area contributed by atoms with Gasteiger partial charge in [-0.05, 0) is 63.0 Å². The maximum Gasteiger partial charge on any atom is 0.190 e. The second kappa shape index (κ2) is 10.4. The number of benzene rings is 1. The van der Waals surface area contributed by atoms with Crippen LogP contribution in [0.5, 0.6) is 5.75 Å². The van der Waals surface area contributed by atoms with Crippen LogP contribution in [0.1, 0.15) is 24.8 Å². The van der Waals surface area contributed by atoms with Crippen molar-refractivity contribution < 1.29 is 4.74 Å². The van der Waals surface area contributed by atoms with Crippen molar-refractivity contribution in [1.29, 1.82) is 0 Å². The maximum atomic E-state index is 6.26. The molecule has 24 heavy (non-hydrogen) atoms. The molecule has 1 aliphatic rings. The summed E-state index contributed by atoms with van der Waals surface area (Å²) in [5.41, 5.74) is 1.11. The maximum absolute atomic E-state index is 6.26. The van der Waals surface area contributed by atoms with E-state index in [-0.39, 0.29) is 0 Å². The van der Waals surface area contributed by atoms with Crippen molar-refractivity contribution in [3.05, 3.63) is 28.8 Å². The molecule has 0 amide bonds. The number of hydrogen-bond acceptors (Lipinski definition) is 3. The average molecular weight is 353 g/mol. The predicted octanol–water partition coefficient (Wildman–Crippen LogP) is 2.54. The van der Waals surface area contributed by atoms with Gasteiger partial charge in [0.1, 0.15) is 5.75 Å². The van der Waals surface area contributed by atoms with E-state index in [0.717, 1.165) is 48.2 Å². The Kier molecular flexibility index (Phi) is 8.19. The number of ether oxygens (including phenoxy) is 1. The van der Waals surface area contributed by atoms with E-state index in [1.807, 2.05) is 18.2 Å². The van der Waals surface area contributed by atoms with Gasteiger partial charge in [0.25, 0.3) is 0 Å². The van der Waals surface area contributed by atoms with Gasteiger partial charge in [0, 0.05) is 25.2 Å². The summed E-state index contributed by atoms with van der Waals surface area (Å²) in [5.74, 6) is 1.63. The van der Waals surface area contributed by atoms with Gasteiger partial charge in [-0.25, -0.2) is 0 Å². The van der Waals surface area contributed by atoms with Crippen LogP contribution < -0.4 is 15.4 Å². The zero-order valence-corrected chi connectivity index (χ0v) is 15.5. The molecule has 0 saturated carbocycles. The Labute approximate surface area is 150 Å². The van der Waals surface area contributed by atoms with Crippen molar-refractivity contribution in [2.45, 2.75) is 25.7 Å². The molecule has 5 nitrogen and oxygen atoms in total. The van der Waals surface area contributed by atoms with Gasteiger partial charge in [0.2, 0.25) is 0 Å². The number of rotatable bonds is 8. The van der Waals surface area contributed by atoms with E-state index in [9.17, 15) is 0 Å². The summed E-state index contributed by atoms with van der Waals surface area (Å²) in [4.78, 5) is 6.80. The van der Waals surface area contributed by atoms with E-state index >= 15 is 0 Å². The monoisotopic (exact) mass is 352 g/mol. The lowest BCUT2D eigenvalue weighted by molar-refractivity contribution is 0.334. The quantitative estimate of drug-likeness (QED) is 0.429. The van der Waals surface area contributed by atoms with Gasteiger partial charge in [0.05, 0.1) is 7.11 Å². The van der Waals surface area contributed by atoms with Crippen molar-refractivity contribution in [3.8, 4) is 5.75 Å². The van der Waals surface area contributed by atoms with Crippen molar-refractivity contribution in [2.24, 2.45) is 4.99 Å². The van der Waals surface area contributed by atoms with Crippen LogP contribution in [0.3, 0.4) is 0 Å². The predicted molar refractivity (Wildman–Crippen MR) is 101 cm³/mol. The summed E-state index contributed by atoms with van der Waals surface area (Å²) in [6.45, 7) is 5.42. The first-order valence-electron chi connectivity index (χ1n) is 8.72. The number of likely N-dealkylation sites (tertiary alicyclic amines) is 1. The molecule has 0 unspecified atom stereocenters. The van der Waals surface area contributed by atoms with Crippen LogP contribution in [0.25, 0.3) is 0 Å². The third-order valence-corrected chi connectivity index (χ3v) is 4.66. The first kappa shape index (κ1) is 18.9. The minimum absolute atomic E-state index is 0.740. The van der Waals surface area contributed by atoms with Gasteiger partial charge < -0.3 is 20.3 Å². The summed E-state index contributed by atoms with van der Waals surface area (Å²) < 4.78 is 5.17. The van der Waals surface area contributed by atoms with Gasteiger partial charge in [-0.15, -0.1) is 0 Å². The molecule has 2 N–H and O–H groups in total. The van der Waals surface area contributed by atoms with E-state index in [2.05, 4.69) is 20.5 Å². The van der Waals surface area contributed by atoms with Crippen LogP contribution in [0, 0.1) is 0 Å². The molecular weight excluding hydrogens is 324 g/mol. The fourth-order valence-electron chi connectivity index (χ4n) is 2.91. The van der Waals surface area contributed by atoms with Crippen LogP contribution in [0.15, 0.2) is 23.2 Å². The number of nitrogens with one attached hydrogen (secondary N) is 2. The molecule has 1 aromatic rings. The summed E-state index contributed by atoms with van der Waals surface area (Å²) in [5, 5.41) is 7.45. The lowest BCUT2D eigenvalue weighted by Crippen LogP contribution is -2.39. The Bertz CT molecular complexity index is 530. The van der Waals surface area contributed by atoms with Crippen LogP contribution in [-0.2, 0) is 6.42 Å². The largest absolute Gasteiger partial charge is 0.497 e. The fraction of sp³-hybridized carbons (Fsp3) is 0.611. The molecule has 1 saturated heterocycles. The highest BCUT2D eigenvalue weighted by Gasteiger charge is 2.10. The Morgan fingerprint density at radius 1 is 1.25 bits per heavy atom. The molecule has 2 rings (SSSR count). The molecule has 0 bridgehead atoms. The number of halogens is 1. The highest BCUT2D eigenvalue weighted by atomic mass is 35.5. The molecule has 0 aromatic heterocycles. The first-order valence-corrected chi connectivity index (χ1v) is 9.10. The fourth-order valence-corrected chi connectivity index (χ4v) is 3.17. The van der Waals surface area contributed by atoms with E-state index in [1.165, 1.54) is 32.5 Å². The van der Waals surface area contributed by atoms with Gasteiger partial charge in [0.15, 0.2) is 5.96 Å². The number of methoxy groups -OCH3 is 1. The molecule has 1 aliphatic heterocycles. The SMILES string of the molecule is CN=C(NCCCN1CCCC1)NCCc1ccc(OC)cc1Cl. The number of nitrogens with zero attached hydrogens (tertiary/aromatic N) is 2. The third-order valence-electron chi connectivity index (χ3n) is 4.31. The van der Waals surface area contributed by atoms with Gasteiger partial charge in [-0.1, -0.05) is 17.7 Å². The molecule has 134 valence electrons. The van der Waals surface area contributed by atoms with Crippen LogP contribution >= 0.6 is 11.6 Å². The Balaban J connectivity index is 1.64. The Morgan fingerprint density at radius 2 is 2.00 bits per heavy atom. The van der Waals surface area contributed by atoms with E-state index in [1.54, 1.807) is 14.2 Å². The summed E-state index contributed by atoms with van der Waals surface area (Å²) >= 11 is 6.26. The van der Waals surface area contributed by atoms with Crippen molar-refractivity contribution >= 4 is 17.6 Å². The molecular formula is C18H29ClN4O. The smallest absolute Gasteiger partial charge is 0.190 e. The van der Waals surface area contributed by atoms with E-state index in [4.69, 9.17) is 16.3 Å². The average Bonchev–Trinajstić information content (AvgIpc) is 3.11. The molecule has 0 spiro atoms. The zero-order chi connectivity index (χ0) is 17.2. The zero-order valence-electron chi connectivity index (χ0n) is 14.8. The van der Waals surface area contributed by atoms with Crippen LogP contribution in [0.4, 0.5) is 0 Å². The highest BCUT2D eigenvalue weighted by Crippen LogP contribution is 2.22. The minimum Gasteiger partial charge on any atom is -0.497 e. The number of guanidine groups is 1. The molecule has 0 atom stereocenters. The molecule has 0 aliphatic carbocycles. The lowest BCUT2D eigenvalue weighted by Gasteiger charge is -2.16. The Morgan fingerprint density at radius 3 is 2.67 bits per heavy atom. The standard InChI is InChI=1S/C18H29ClN4O/c1-20-18(21-9-5-13-23-11-3-4-12-23)22-10-8-15-6-7-16(24-2)14-17(15)19/h6-7,14H,3-5,8-13H2,1-2H3,(H2,20,21,22). The topological polar surface area (TPSA) is 48.9 Å². The van der Waals surface area contributed by atoms with Crippen LogP contribution in [0.2, 0.25) is 5.02 Å². The van der Waals surface area contributed by atoms with Crippen LogP contribution in [-0.4, -0.2) is 57.7 Å². The molecule has 1 heterocycles. The second-order valence-electron chi connectivity index (χ2n) is 6.04. The van der Waals surface area contributed by atoms with Gasteiger partial charge in [-0.3, -0.25) is 4.99 Å². The molecule has 1 aromatic carbocycles. The van der Waals surface area contributed by atoms with Crippen molar-refractivity contribution in [1.82, 2.24) is 15.5 Å². The second-order valence-corrected chi connectivity index (χ2v) is 6.44. The number of hydrogen-bond donors (Lipinski definition) is 2. The molecule has 0 radical (unpaired) electrons. The molecule has 1 fully saturated rings. The van der Waals surface area contributed by atoms with E-state index in [0.29, 0.717) is 0 Å². The summed E-state index contributed by atoms with van der Waals surface area (Å²) in [6.07, 6.45) is 4.69. The molecule has 6 heteroatoms. The third kappa shape index (κ3) is 6.21. The van der Waals surface area contributed by atoms with Gasteiger partial charge >= 0.3 is 0 Å². The summed E-state index contributed by atoms with van der Waals surface area (Å²) in [7, 11) is 3.45. The Hall–Kier alpha value is -1.46. The highest BCUT2D eigenvalue weighted by molar-refractivity contribution is 6.31. The van der Waals surface area contributed by atoms with Gasteiger partial charge in [-0.2, -0.15) is 0 Å². The lowest BCUT2D eigenvalue weighted by atomic mass is 10.1. The van der Waals surface area contributed by atoms with Crippen molar-refractivity contribution in [3.63, 3.8) is 0 Å². The summed E-state index contributed by atoms with van der Waals surface area (Å²) in [6, 6.07) is 5.80.